The number of halogens is 3. The maximum atomic E-state index is 13.8. The van der Waals surface area contributed by atoms with Gasteiger partial charge in [0.15, 0.2) is 0 Å². The maximum absolute atomic E-state index is 13.8. The van der Waals surface area contributed by atoms with Crippen molar-refractivity contribution in [1.29, 1.82) is 0 Å². The topological polar surface area (TPSA) is 54.5 Å². The van der Waals surface area contributed by atoms with E-state index in [9.17, 15) is 18.0 Å². The first kappa shape index (κ1) is 23.8. The number of anilines is 2. The van der Waals surface area contributed by atoms with Crippen LogP contribution in [0.25, 0.3) is 11.1 Å². The zero-order valence-corrected chi connectivity index (χ0v) is 19.2. The van der Waals surface area contributed by atoms with Crippen LogP contribution in [0.1, 0.15) is 35.3 Å². The number of amides is 1. The van der Waals surface area contributed by atoms with E-state index >= 15 is 0 Å². The Hall–Kier alpha value is -3.39. The van der Waals surface area contributed by atoms with Gasteiger partial charge in [0, 0.05) is 13.1 Å². The summed E-state index contributed by atoms with van der Waals surface area (Å²) in [5.41, 5.74) is 0.530. The number of hydrogen-bond acceptors (Lipinski definition) is 4. The van der Waals surface area contributed by atoms with E-state index in [1.165, 1.54) is 19.2 Å². The summed E-state index contributed by atoms with van der Waals surface area (Å²) in [6.45, 7) is 6.88. The Labute approximate surface area is 196 Å². The van der Waals surface area contributed by atoms with Gasteiger partial charge in [-0.3, -0.25) is 4.79 Å². The number of carbonyl (C=O) groups excluding carboxylic acids is 1. The number of nitrogens with one attached hydrogen (secondary N) is 1. The molecule has 0 bridgehead atoms. The van der Waals surface area contributed by atoms with Crippen molar-refractivity contribution in [2.24, 2.45) is 0 Å². The van der Waals surface area contributed by atoms with E-state index in [2.05, 4.69) is 15.2 Å². The van der Waals surface area contributed by atoms with E-state index in [1.807, 2.05) is 19.9 Å². The van der Waals surface area contributed by atoms with E-state index < -0.39 is 23.2 Å². The van der Waals surface area contributed by atoms with Crippen LogP contribution in [-0.4, -0.2) is 36.2 Å². The molecule has 2 atom stereocenters. The molecule has 2 heterocycles. The Balaban J connectivity index is 1.62. The molecule has 34 heavy (non-hydrogen) atoms. The molecule has 8 heteroatoms. The first-order valence-electron chi connectivity index (χ1n) is 11.1. The van der Waals surface area contributed by atoms with Crippen molar-refractivity contribution < 1.29 is 22.7 Å². The van der Waals surface area contributed by atoms with Gasteiger partial charge in [-0.2, -0.15) is 13.2 Å². The zero-order valence-electron chi connectivity index (χ0n) is 19.2. The Kier molecular flexibility index (Phi) is 6.61. The van der Waals surface area contributed by atoms with E-state index in [-0.39, 0.29) is 17.8 Å². The molecule has 0 spiro atoms. The number of aromatic nitrogens is 1. The fourth-order valence-corrected chi connectivity index (χ4v) is 4.38. The summed E-state index contributed by atoms with van der Waals surface area (Å²) in [7, 11) is 0. The highest BCUT2D eigenvalue weighted by Gasteiger charge is 2.36. The lowest BCUT2D eigenvalue weighted by atomic mass is 9.92. The second-order valence-electron chi connectivity index (χ2n) is 8.55. The molecule has 1 fully saturated rings. The summed E-state index contributed by atoms with van der Waals surface area (Å²) < 4.78 is 47.1. The molecule has 5 nitrogen and oxygen atoms in total. The van der Waals surface area contributed by atoms with Crippen molar-refractivity contribution in [1.82, 2.24) is 4.98 Å². The third kappa shape index (κ3) is 5.07. The smallest absolute Gasteiger partial charge is 0.372 e. The predicted molar refractivity (Wildman–Crippen MR) is 126 cm³/mol. The lowest BCUT2D eigenvalue weighted by Gasteiger charge is -2.36. The zero-order chi connectivity index (χ0) is 24.5. The quantitative estimate of drug-likeness (QED) is 0.514. The predicted octanol–water partition coefficient (Wildman–Crippen LogP) is 5.94. The first-order chi connectivity index (χ1) is 16.1. The lowest BCUT2D eigenvalue weighted by Crippen LogP contribution is -2.45. The van der Waals surface area contributed by atoms with Gasteiger partial charge in [-0.25, -0.2) is 4.98 Å². The van der Waals surface area contributed by atoms with Gasteiger partial charge in [-0.1, -0.05) is 36.4 Å². The van der Waals surface area contributed by atoms with Crippen LogP contribution in [0.15, 0.2) is 60.8 Å². The average Bonchev–Trinajstić information content (AvgIpc) is 2.78. The van der Waals surface area contributed by atoms with Gasteiger partial charge in [0.1, 0.15) is 5.82 Å². The summed E-state index contributed by atoms with van der Waals surface area (Å²) >= 11 is 0. The number of benzene rings is 2. The molecule has 4 rings (SSSR count). The molecule has 1 aromatic heterocycles. The fourth-order valence-electron chi connectivity index (χ4n) is 4.38. The minimum absolute atomic E-state index is 0.0607. The Morgan fingerprint density at radius 3 is 2.29 bits per heavy atom. The number of morpholine rings is 1. The number of pyridine rings is 1. The number of alkyl halides is 3. The van der Waals surface area contributed by atoms with Gasteiger partial charge in [0.05, 0.1) is 35.2 Å². The highest BCUT2D eigenvalue weighted by Crippen LogP contribution is 2.37. The summed E-state index contributed by atoms with van der Waals surface area (Å²) in [5, 5.41) is 2.59. The third-order valence-electron chi connectivity index (χ3n) is 5.83. The van der Waals surface area contributed by atoms with E-state index in [0.717, 1.165) is 17.4 Å². The second-order valence-corrected chi connectivity index (χ2v) is 8.55. The fraction of sp³-hybridized carbons (Fsp3) is 0.308. The summed E-state index contributed by atoms with van der Waals surface area (Å²) in [6, 6.07) is 14.8. The SMILES string of the molecule is Cc1c(-c2ccccc2)ccc(C(F)(F)F)c1C(=O)Nc1ccc(N2CC(C)OC(C)C2)nc1. The molecule has 178 valence electrons. The highest BCUT2D eigenvalue weighted by atomic mass is 19.4. The van der Waals surface area contributed by atoms with Crippen LogP contribution in [0, 0.1) is 6.92 Å². The van der Waals surface area contributed by atoms with Crippen LogP contribution < -0.4 is 10.2 Å². The van der Waals surface area contributed by atoms with Crippen molar-refractivity contribution >= 4 is 17.4 Å². The molecule has 0 radical (unpaired) electrons. The van der Waals surface area contributed by atoms with Crippen LogP contribution in [0.3, 0.4) is 0 Å². The molecule has 1 amide bonds. The normalized spacial score (nSPS) is 18.6. The van der Waals surface area contributed by atoms with E-state index in [1.54, 1.807) is 36.4 Å². The van der Waals surface area contributed by atoms with Gasteiger partial charge < -0.3 is 15.0 Å². The van der Waals surface area contributed by atoms with Gasteiger partial charge >= 0.3 is 6.18 Å². The highest BCUT2D eigenvalue weighted by molar-refractivity contribution is 6.07. The monoisotopic (exact) mass is 469 g/mol. The van der Waals surface area contributed by atoms with Crippen molar-refractivity contribution in [2.45, 2.75) is 39.2 Å². The molecule has 1 aliphatic rings. The number of nitrogens with zero attached hydrogens (tertiary/aromatic N) is 2. The van der Waals surface area contributed by atoms with Crippen LogP contribution in [0.5, 0.6) is 0 Å². The van der Waals surface area contributed by atoms with Crippen LogP contribution in [0.4, 0.5) is 24.7 Å². The van der Waals surface area contributed by atoms with Gasteiger partial charge in [0.25, 0.3) is 5.91 Å². The Bertz CT molecular complexity index is 1150. The first-order valence-corrected chi connectivity index (χ1v) is 11.1. The minimum atomic E-state index is -4.67. The maximum Gasteiger partial charge on any atom is 0.417 e. The van der Waals surface area contributed by atoms with E-state index in [0.29, 0.717) is 24.3 Å². The Morgan fingerprint density at radius 2 is 1.71 bits per heavy atom. The molecular formula is C26H26F3N3O2. The van der Waals surface area contributed by atoms with Crippen LogP contribution >= 0.6 is 0 Å². The summed E-state index contributed by atoms with van der Waals surface area (Å²) in [4.78, 5) is 19.6. The average molecular weight is 470 g/mol. The van der Waals surface area contributed by atoms with Gasteiger partial charge in [0.2, 0.25) is 0 Å². The van der Waals surface area contributed by atoms with Crippen molar-refractivity contribution in [3.63, 3.8) is 0 Å². The lowest BCUT2D eigenvalue weighted by molar-refractivity contribution is -0.137. The molecule has 3 aromatic rings. The van der Waals surface area contributed by atoms with E-state index in [4.69, 9.17) is 4.74 Å². The standard InChI is InChI=1S/C26H26F3N3O2/c1-16-14-32(15-17(2)34-16)23-12-9-20(13-30-23)31-25(33)24-18(3)21(19-7-5-4-6-8-19)10-11-22(24)26(27,28)29/h4-13,16-17H,14-15H2,1-3H3,(H,31,33). The van der Waals surface area contributed by atoms with Crippen molar-refractivity contribution in [3.8, 4) is 11.1 Å². The second kappa shape index (κ2) is 9.46. The van der Waals surface area contributed by atoms with Gasteiger partial charge in [-0.05, 0) is 55.7 Å². The number of hydrogen-bond donors (Lipinski definition) is 1. The molecule has 1 saturated heterocycles. The summed E-state index contributed by atoms with van der Waals surface area (Å²) in [6.07, 6.45) is -3.09. The number of ether oxygens (including phenoxy) is 1. The number of carbonyl (C=O) groups is 1. The van der Waals surface area contributed by atoms with Crippen LogP contribution in [-0.2, 0) is 10.9 Å². The minimum Gasteiger partial charge on any atom is -0.372 e. The summed E-state index contributed by atoms with van der Waals surface area (Å²) in [5.74, 6) is -0.107. The molecule has 2 aromatic carbocycles. The van der Waals surface area contributed by atoms with Crippen molar-refractivity contribution in [2.75, 3.05) is 23.3 Å². The molecule has 0 aliphatic carbocycles. The molecule has 1 aliphatic heterocycles. The molecule has 2 unspecified atom stereocenters. The molecule has 1 N–H and O–H groups in total. The molecular weight excluding hydrogens is 443 g/mol. The van der Waals surface area contributed by atoms with Crippen LogP contribution in [0.2, 0.25) is 0 Å². The Morgan fingerprint density at radius 1 is 1.03 bits per heavy atom. The number of rotatable bonds is 4. The van der Waals surface area contributed by atoms with Crippen molar-refractivity contribution in [3.05, 3.63) is 77.5 Å². The largest absolute Gasteiger partial charge is 0.417 e. The van der Waals surface area contributed by atoms with Gasteiger partial charge in [-0.15, -0.1) is 0 Å². The third-order valence-corrected chi connectivity index (χ3v) is 5.83. The molecule has 0 saturated carbocycles.